The van der Waals surface area contributed by atoms with Crippen LogP contribution in [0.1, 0.15) is 74.4 Å². The van der Waals surface area contributed by atoms with Gasteiger partial charge in [-0.1, -0.05) is 5.92 Å². The molecule has 0 aliphatic heterocycles. The number of imide groups is 1. The maximum Gasteiger partial charge on any atom is 0.425 e. The minimum atomic E-state index is -0.942. The van der Waals surface area contributed by atoms with Crippen LogP contribution in [0.2, 0.25) is 0 Å². The van der Waals surface area contributed by atoms with E-state index >= 15 is 0 Å². The molecule has 11 heteroatoms. The van der Waals surface area contributed by atoms with E-state index < -0.39 is 35.1 Å². The molecular formula is C26H37N5O6. The minimum absolute atomic E-state index is 0.0521. The topological polar surface area (TPSA) is 116 Å². The average Bonchev–Trinajstić information content (AvgIpc) is 3.11. The van der Waals surface area contributed by atoms with E-state index in [2.05, 4.69) is 21.8 Å². The van der Waals surface area contributed by atoms with Crippen molar-refractivity contribution in [2.75, 3.05) is 18.5 Å². The molecule has 0 aromatic carbocycles. The Morgan fingerprint density at radius 1 is 0.865 bits per heavy atom. The van der Waals surface area contributed by atoms with Crippen molar-refractivity contribution in [1.29, 1.82) is 0 Å². The first kappa shape index (κ1) is 29.4. The van der Waals surface area contributed by atoms with Crippen LogP contribution in [-0.2, 0) is 14.2 Å². The highest BCUT2D eigenvalue weighted by Crippen LogP contribution is 2.24. The van der Waals surface area contributed by atoms with Crippen molar-refractivity contribution >= 4 is 29.7 Å². The van der Waals surface area contributed by atoms with Gasteiger partial charge in [0.05, 0.1) is 6.20 Å². The number of nitrogens with zero attached hydrogens (tertiary/aromatic N) is 5. The zero-order valence-electron chi connectivity index (χ0n) is 23.3. The molecule has 0 fully saturated rings. The quantitative estimate of drug-likeness (QED) is 0.414. The summed E-state index contributed by atoms with van der Waals surface area (Å²) >= 11 is 0. The summed E-state index contributed by atoms with van der Waals surface area (Å²) in [7, 11) is 1.64. The van der Waals surface area contributed by atoms with Crippen molar-refractivity contribution in [3.8, 4) is 11.8 Å². The predicted octanol–water partition coefficient (Wildman–Crippen LogP) is 5.01. The van der Waals surface area contributed by atoms with Gasteiger partial charge in [-0.2, -0.15) is 4.90 Å². The maximum atomic E-state index is 13.0. The molecule has 3 amide bonds. The van der Waals surface area contributed by atoms with Crippen molar-refractivity contribution in [2.45, 2.75) is 85.5 Å². The molecule has 0 saturated heterocycles. The van der Waals surface area contributed by atoms with Crippen LogP contribution >= 0.6 is 0 Å². The van der Waals surface area contributed by atoms with Crippen LogP contribution in [0.4, 0.5) is 20.2 Å². The summed E-state index contributed by atoms with van der Waals surface area (Å²) in [5, 5.41) is 0. The van der Waals surface area contributed by atoms with E-state index in [4.69, 9.17) is 14.2 Å². The summed E-state index contributed by atoms with van der Waals surface area (Å²) in [5.41, 5.74) is -1.57. The van der Waals surface area contributed by atoms with E-state index in [1.54, 1.807) is 80.0 Å². The molecule has 2 aromatic heterocycles. The van der Waals surface area contributed by atoms with E-state index in [1.165, 1.54) is 17.3 Å². The number of hydrogen-bond donors (Lipinski definition) is 0. The number of anilines is 1. The van der Waals surface area contributed by atoms with Crippen LogP contribution in [0.25, 0.3) is 5.65 Å². The number of imidazole rings is 1. The van der Waals surface area contributed by atoms with Gasteiger partial charge in [-0.15, -0.1) is 0 Å². The Balaban J connectivity index is 2.32. The fourth-order valence-electron chi connectivity index (χ4n) is 2.83. The van der Waals surface area contributed by atoms with Gasteiger partial charge in [0.2, 0.25) is 0 Å². The van der Waals surface area contributed by atoms with Gasteiger partial charge in [-0.25, -0.2) is 24.4 Å². The van der Waals surface area contributed by atoms with Crippen LogP contribution in [0.5, 0.6) is 0 Å². The van der Waals surface area contributed by atoms with Gasteiger partial charge >= 0.3 is 18.3 Å². The lowest BCUT2D eigenvalue weighted by Gasteiger charge is -2.28. The zero-order valence-corrected chi connectivity index (χ0v) is 23.3. The van der Waals surface area contributed by atoms with E-state index in [0.717, 1.165) is 4.90 Å². The standard InChI is InChI=1S/C26H37N5O6/c1-24(2,3)35-21(32)29(10)15-12-11-13-18-17-28-19-20(27-14-16-30(18)19)31(22(33)36-25(4,5)6)23(34)37-26(7,8)9/h14,16-17H,12,15H2,1-10H3. The average molecular weight is 516 g/mol. The van der Waals surface area contributed by atoms with E-state index in [9.17, 15) is 14.4 Å². The second kappa shape index (κ2) is 11.1. The van der Waals surface area contributed by atoms with Crippen LogP contribution in [0, 0.1) is 11.8 Å². The molecule has 2 rings (SSSR count). The Hall–Kier alpha value is -3.81. The molecular weight excluding hydrogens is 478 g/mol. The molecule has 0 bridgehead atoms. The van der Waals surface area contributed by atoms with Crippen molar-refractivity contribution in [3.05, 3.63) is 24.3 Å². The highest BCUT2D eigenvalue weighted by Gasteiger charge is 2.35. The monoisotopic (exact) mass is 515 g/mol. The van der Waals surface area contributed by atoms with Gasteiger partial charge in [-0.3, -0.25) is 4.40 Å². The molecule has 11 nitrogen and oxygen atoms in total. The number of hydrogen-bond acceptors (Lipinski definition) is 8. The zero-order chi connectivity index (χ0) is 28.2. The molecule has 0 spiro atoms. The SMILES string of the molecule is CN(CCC#Cc1cnc2c(N(C(=O)OC(C)(C)C)C(=O)OC(C)(C)C)nccn12)C(=O)OC(C)(C)C. The lowest BCUT2D eigenvalue weighted by molar-refractivity contribution is 0.0300. The molecule has 0 radical (unpaired) electrons. The Bertz CT molecular complexity index is 1180. The van der Waals surface area contributed by atoms with Gasteiger partial charge in [0, 0.05) is 32.4 Å². The van der Waals surface area contributed by atoms with Gasteiger partial charge in [0.1, 0.15) is 22.5 Å². The van der Waals surface area contributed by atoms with E-state index in [-0.39, 0.29) is 11.5 Å². The number of fused-ring (bicyclic) bond motifs is 1. The first-order chi connectivity index (χ1) is 16.9. The summed E-state index contributed by atoms with van der Waals surface area (Å²) in [6.45, 7) is 15.9. The number of aromatic nitrogens is 3. The first-order valence-corrected chi connectivity index (χ1v) is 11.9. The highest BCUT2D eigenvalue weighted by atomic mass is 16.6. The minimum Gasteiger partial charge on any atom is -0.444 e. The van der Waals surface area contributed by atoms with Gasteiger partial charge in [0.15, 0.2) is 11.5 Å². The fraction of sp³-hybridized carbons (Fsp3) is 0.577. The Kier molecular flexibility index (Phi) is 8.80. The van der Waals surface area contributed by atoms with Crippen molar-refractivity contribution < 1.29 is 28.6 Å². The third kappa shape index (κ3) is 8.97. The summed E-state index contributed by atoms with van der Waals surface area (Å²) in [4.78, 5) is 48.9. The van der Waals surface area contributed by atoms with Gasteiger partial charge in [-0.05, 0) is 68.2 Å². The van der Waals surface area contributed by atoms with Crippen LogP contribution in [-0.4, -0.2) is 67.9 Å². The van der Waals surface area contributed by atoms with Gasteiger partial charge in [0.25, 0.3) is 0 Å². The lowest BCUT2D eigenvalue weighted by atomic mass is 10.2. The summed E-state index contributed by atoms with van der Waals surface area (Å²) in [6, 6.07) is 0. The number of ether oxygens (including phenoxy) is 3. The van der Waals surface area contributed by atoms with Crippen molar-refractivity contribution in [2.24, 2.45) is 0 Å². The summed E-state index contributed by atoms with van der Waals surface area (Å²) in [5.74, 6) is 5.96. The largest absolute Gasteiger partial charge is 0.444 e. The maximum absolute atomic E-state index is 13.0. The molecule has 202 valence electrons. The highest BCUT2D eigenvalue weighted by molar-refractivity contribution is 6.10. The number of amides is 3. The molecule has 0 aliphatic rings. The van der Waals surface area contributed by atoms with E-state index in [1.807, 2.05) is 0 Å². The molecule has 0 aliphatic carbocycles. The van der Waals surface area contributed by atoms with Crippen molar-refractivity contribution in [3.63, 3.8) is 0 Å². The molecule has 2 aromatic rings. The van der Waals surface area contributed by atoms with E-state index in [0.29, 0.717) is 18.7 Å². The Morgan fingerprint density at radius 2 is 1.38 bits per heavy atom. The number of rotatable bonds is 3. The predicted molar refractivity (Wildman–Crippen MR) is 138 cm³/mol. The lowest BCUT2D eigenvalue weighted by Crippen LogP contribution is -2.44. The normalized spacial score (nSPS) is 11.8. The van der Waals surface area contributed by atoms with Crippen molar-refractivity contribution in [1.82, 2.24) is 19.3 Å². The summed E-state index contributed by atoms with van der Waals surface area (Å²) < 4.78 is 17.8. The third-order valence-corrected chi connectivity index (χ3v) is 4.27. The van der Waals surface area contributed by atoms with Crippen LogP contribution < -0.4 is 4.90 Å². The molecule has 2 heterocycles. The number of carbonyl (C=O) groups excluding carboxylic acids is 3. The van der Waals surface area contributed by atoms with Crippen LogP contribution in [0.3, 0.4) is 0 Å². The molecule has 0 atom stereocenters. The third-order valence-electron chi connectivity index (χ3n) is 4.27. The fourth-order valence-corrected chi connectivity index (χ4v) is 2.83. The second-order valence-corrected chi connectivity index (χ2v) is 11.3. The Morgan fingerprint density at radius 3 is 1.89 bits per heavy atom. The summed E-state index contributed by atoms with van der Waals surface area (Å²) in [6.07, 6.45) is 2.63. The molecule has 0 N–H and O–H groups in total. The smallest absolute Gasteiger partial charge is 0.425 e. The molecule has 37 heavy (non-hydrogen) atoms. The second-order valence-electron chi connectivity index (χ2n) is 11.3. The van der Waals surface area contributed by atoms with Gasteiger partial charge < -0.3 is 19.1 Å². The molecule has 0 unspecified atom stereocenters. The molecule has 0 saturated carbocycles. The van der Waals surface area contributed by atoms with Crippen LogP contribution in [0.15, 0.2) is 18.6 Å². The number of carbonyl (C=O) groups is 3. The Labute approximate surface area is 218 Å². The first-order valence-electron chi connectivity index (χ1n) is 11.9.